The summed E-state index contributed by atoms with van der Waals surface area (Å²) in [5, 5.41) is 0. The van der Waals surface area contributed by atoms with Crippen LogP contribution in [0.4, 0.5) is 4.39 Å². The number of rotatable bonds is 5. The zero-order valence-corrected chi connectivity index (χ0v) is 11.0. The molecule has 2 aromatic carbocycles. The molecule has 0 aromatic heterocycles. The standard InChI is InChI=1S/C17H17FO/c1-2-13-3-5-14(6-4-13)11-17(19)12-15-7-9-16(18)10-8-15/h3-10H,2,11-12H2,1H3. The summed E-state index contributed by atoms with van der Waals surface area (Å²) in [6, 6.07) is 14.2. The number of aryl methyl sites for hydroxylation is 1. The second kappa shape index (κ2) is 6.28. The highest BCUT2D eigenvalue weighted by Gasteiger charge is 2.05. The van der Waals surface area contributed by atoms with E-state index in [2.05, 4.69) is 19.1 Å². The monoisotopic (exact) mass is 256 g/mol. The number of benzene rings is 2. The van der Waals surface area contributed by atoms with Crippen LogP contribution in [0.25, 0.3) is 0 Å². The number of hydrogen-bond donors (Lipinski definition) is 0. The smallest absolute Gasteiger partial charge is 0.141 e. The van der Waals surface area contributed by atoms with Gasteiger partial charge < -0.3 is 0 Å². The molecule has 0 heterocycles. The van der Waals surface area contributed by atoms with Crippen LogP contribution in [0.15, 0.2) is 48.5 Å². The van der Waals surface area contributed by atoms with E-state index in [4.69, 9.17) is 0 Å². The van der Waals surface area contributed by atoms with Gasteiger partial charge in [0.15, 0.2) is 0 Å². The molecular formula is C17H17FO. The average Bonchev–Trinajstić information content (AvgIpc) is 2.42. The van der Waals surface area contributed by atoms with Crippen molar-refractivity contribution in [3.05, 3.63) is 71.0 Å². The fourth-order valence-electron chi connectivity index (χ4n) is 2.01. The lowest BCUT2D eigenvalue weighted by Crippen LogP contribution is -2.06. The van der Waals surface area contributed by atoms with Gasteiger partial charge in [-0.05, 0) is 35.2 Å². The van der Waals surface area contributed by atoms with Crippen molar-refractivity contribution in [2.75, 3.05) is 0 Å². The van der Waals surface area contributed by atoms with Gasteiger partial charge in [-0.15, -0.1) is 0 Å². The van der Waals surface area contributed by atoms with Crippen molar-refractivity contribution in [2.45, 2.75) is 26.2 Å². The molecule has 0 N–H and O–H groups in total. The number of carbonyl (C=O) groups is 1. The molecule has 0 spiro atoms. The molecule has 0 aliphatic heterocycles. The highest BCUT2D eigenvalue weighted by atomic mass is 19.1. The third-order valence-corrected chi connectivity index (χ3v) is 3.15. The van der Waals surface area contributed by atoms with E-state index in [1.54, 1.807) is 12.1 Å². The third kappa shape index (κ3) is 4.02. The van der Waals surface area contributed by atoms with Crippen LogP contribution in [0, 0.1) is 5.82 Å². The van der Waals surface area contributed by atoms with Crippen LogP contribution in [0.5, 0.6) is 0 Å². The van der Waals surface area contributed by atoms with Gasteiger partial charge in [0.1, 0.15) is 11.6 Å². The molecule has 0 atom stereocenters. The molecular weight excluding hydrogens is 239 g/mol. The van der Waals surface area contributed by atoms with Crippen molar-refractivity contribution in [3.8, 4) is 0 Å². The lowest BCUT2D eigenvalue weighted by atomic mass is 10.0. The maximum absolute atomic E-state index is 12.8. The first kappa shape index (κ1) is 13.5. The highest BCUT2D eigenvalue weighted by Crippen LogP contribution is 2.09. The first-order valence-electron chi connectivity index (χ1n) is 6.51. The van der Waals surface area contributed by atoms with Crippen LogP contribution in [-0.2, 0) is 24.1 Å². The Hall–Kier alpha value is -1.96. The van der Waals surface area contributed by atoms with Gasteiger partial charge in [0.2, 0.25) is 0 Å². The lowest BCUT2D eigenvalue weighted by Gasteiger charge is -2.03. The van der Waals surface area contributed by atoms with Gasteiger partial charge in [-0.1, -0.05) is 43.3 Å². The molecule has 0 aliphatic carbocycles. The molecule has 19 heavy (non-hydrogen) atoms. The normalized spacial score (nSPS) is 10.4. The fourth-order valence-corrected chi connectivity index (χ4v) is 2.01. The molecule has 2 aromatic rings. The molecule has 0 amide bonds. The van der Waals surface area contributed by atoms with Crippen molar-refractivity contribution < 1.29 is 9.18 Å². The topological polar surface area (TPSA) is 17.1 Å². The van der Waals surface area contributed by atoms with Gasteiger partial charge in [0.05, 0.1) is 0 Å². The average molecular weight is 256 g/mol. The van der Waals surface area contributed by atoms with Crippen molar-refractivity contribution in [3.63, 3.8) is 0 Å². The summed E-state index contributed by atoms with van der Waals surface area (Å²) >= 11 is 0. The van der Waals surface area contributed by atoms with E-state index in [0.717, 1.165) is 17.5 Å². The SMILES string of the molecule is CCc1ccc(CC(=O)Cc2ccc(F)cc2)cc1. The quantitative estimate of drug-likeness (QED) is 0.796. The summed E-state index contributed by atoms with van der Waals surface area (Å²) in [6.07, 6.45) is 1.79. The van der Waals surface area contributed by atoms with Gasteiger partial charge in [0, 0.05) is 12.8 Å². The summed E-state index contributed by atoms with van der Waals surface area (Å²) < 4.78 is 12.8. The third-order valence-electron chi connectivity index (χ3n) is 3.15. The Labute approximate surface area is 113 Å². The fraction of sp³-hybridized carbons (Fsp3) is 0.235. The van der Waals surface area contributed by atoms with E-state index in [1.807, 2.05) is 12.1 Å². The van der Waals surface area contributed by atoms with Crippen LogP contribution in [-0.4, -0.2) is 5.78 Å². The van der Waals surface area contributed by atoms with E-state index in [9.17, 15) is 9.18 Å². The van der Waals surface area contributed by atoms with Crippen LogP contribution in [0.2, 0.25) is 0 Å². The van der Waals surface area contributed by atoms with Crippen LogP contribution < -0.4 is 0 Å². The van der Waals surface area contributed by atoms with Gasteiger partial charge in [-0.25, -0.2) is 4.39 Å². The molecule has 1 nitrogen and oxygen atoms in total. The molecule has 2 rings (SSSR count). The van der Waals surface area contributed by atoms with Crippen molar-refractivity contribution >= 4 is 5.78 Å². The zero-order valence-electron chi connectivity index (χ0n) is 11.0. The highest BCUT2D eigenvalue weighted by molar-refractivity contribution is 5.83. The van der Waals surface area contributed by atoms with Crippen molar-refractivity contribution in [2.24, 2.45) is 0 Å². The number of ketones is 1. The van der Waals surface area contributed by atoms with Gasteiger partial charge in [-0.3, -0.25) is 4.79 Å². The molecule has 0 aliphatic rings. The Bertz CT molecular complexity index is 540. The predicted octanol–water partition coefficient (Wildman–Crippen LogP) is 3.74. The molecule has 0 bridgehead atoms. The largest absolute Gasteiger partial charge is 0.299 e. The molecule has 0 saturated carbocycles. The second-order valence-electron chi connectivity index (χ2n) is 4.69. The number of carbonyl (C=O) groups excluding carboxylic acids is 1. The zero-order chi connectivity index (χ0) is 13.7. The van der Waals surface area contributed by atoms with E-state index in [0.29, 0.717) is 12.8 Å². The van der Waals surface area contributed by atoms with Gasteiger partial charge >= 0.3 is 0 Å². The predicted molar refractivity (Wildman–Crippen MR) is 74.6 cm³/mol. The maximum Gasteiger partial charge on any atom is 0.141 e. The minimum Gasteiger partial charge on any atom is -0.299 e. The Balaban J connectivity index is 1.95. The number of halogens is 1. The molecule has 0 radical (unpaired) electrons. The Morgan fingerprint density at radius 3 is 1.74 bits per heavy atom. The van der Waals surface area contributed by atoms with Crippen LogP contribution in [0.1, 0.15) is 23.6 Å². The Morgan fingerprint density at radius 2 is 1.26 bits per heavy atom. The van der Waals surface area contributed by atoms with E-state index >= 15 is 0 Å². The number of hydrogen-bond acceptors (Lipinski definition) is 1. The first-order valence-corrected chi connectivity index (χ1v) is 6.51. The van der Waals surface area contributed by atoms with Crippen molar-refractivity contribution in [1.82, 2.24) is 0 Å². The summed E-state index contributed by atoms with van der Waals surface area (Å²) in [5.74, 6) is -0.123. The Morgan fingerprint density at radius 1 is 0.842 bits per heavy atom. The molecule has 98 valence electrons. The van der Waals surface area contributed by atoms with Crippen LogP contribution in [0.3, 0.4) is 0 Å². The molecule has 0 unspecified atom stereocenters. The first-order chi connectivity index (χ1) is 9.17. The summed E-state index contributed by atoms with van der Waals surface area (Å²) in [6.45, 7) is 2.11. The maximum atomic E-state index is 12.8. The van der Waals surface area contributed by atoms with Crippen molar-refractivity contribution in [1.29, 1.82) is 0 Å². The lowest BCUT2D eigenvalue weighted by molar-refractivity contribution is -0.117. The van der Waals surface area contributed by atoms with Crippen LogP contribution >= 0.6 is 0 Å². The van der Waals surface area contributed by atoms with Gasteiger partial charge in [-0.2, -0.15) is 0 Å². The molecule has 0 saturated heterocycles. The van der Waals surface area contributed by atoms with E-state index in [1.165, 1.54) is 17.7 Å². The van der Waals surface area contributed by atoms with Gasteiger partial charge in [0.25, 0.3) is 0 Å². The summed E-state index contributed by atoms with van der Waals surface area (Å²) in [7, 11) is 0. The van der Waals surface area contributed by atoms with E-state index < -0.39 is 0 Å². The molecule has 2 heteroatoms. The Kier molecular flexibility index (Phi) is 4.45. The minimum atomic E-state index is -0.272. The van der Waals surface area contributed by atoms with E-state index in [-0.39, 0.29) is 11.6 Å². The number of Topliss-reactive ketones (excluding diaryl/α,β-unsaturated/α-hetero) is 1. The molecule has 0 fully saturated rings. The summed E-state index contributed by atoms with van der Waals surface area (Å²) in [5.41, 5.74) is 3.16. The minimum absolute atomic E-state index is 0.149. The summed E-state index contributed by atoms with van der Waals surface area (Å²) in [4.78, 5) is 11.9. The second-order valence-corrected chi connectivity index (χ2v) is 4.69.